The quantitative estimate of drug-likeness (QED) is 0.0594. The smallest absolute Gasteiger partial charge is 0.394 e. The van der Waals surface area contributed by atoms with Crippen molar-refractivity contribution in [1.82, 2.24) is 24.6 Å². The van der Waals surface area contributed by atoms with E-state index in [1.165, 1.54) is 51.7 Å². The number of nitrogens with two attached hydrogens (primary N) is 1. The number of fused-ring (bicyclic) bond motifs is 1. The minimum Gasteiger partial charge on any atom is -0.477 e. The van der Waals surface area contributed by atoms with Gasteiger partial charge in [-0.15, -0.1) is 23.1 Å². The van der Waals surface area contributed by atoms with Gasteiger partial charge >= 0.3 is 16.4 Å². The summed E-state index contributed by atoms with van der Waals surface area (Å²) >= 11 is 4.95. The van der Waals surface area contributed by atoms with Gasteiger partial charge in [0.25, 0.3) is 11.8 Å². The molecule has 21 heteroatoms. The van der Waals surface area contributed by atoms with E-state index in [0.717, 1.165) is 11.3 Å². The molecule has 0 aromatic carbocycles. The number of amides is 2. The van der Waals surface area contributed by atoms with Gasteiger partial charge in [0.1, 0.15) is 29.1 Å². The molecule has 194 valence electrons. The van der Waals surface area contributed by atoms with Crippen LogP contribution in [-0.2, 0) is 24.8 Å². The van der Waals surface area contributed by atoms with Gasteiger partial charge in [-0.2, -0.15) is 12.8 Å². The zero-order valence-corrected chi connectivity index (χ0v) is 21.5. The van der Waals surface area contributed by atoms with Crippen LogP contribution >= 0.6 is 46.4 Å². The van der Waals surface area contributed by atoms with Gasteiger partial charge in [-0.05, 0) is 17.1 Å². The number of rotatable bonds is 7. The first-order valence-electron chi connectivity index (χ1n) is 9.14. The van der Waals surface area contributed by atoms with Crippen LogP contribution in [0.2, 0.25) is 0 Å². The van der Waals surface area contributed by atoms with E-state index in [0.29, 0.717) is 21.4 Å². The van der Waals surface area contributed by atoms with E-state index in [1.807, 2.05) is 0 Å². The second-order valence-electron chi connectivity index (χ2n) is 6.58. The van der Waals surface area contributed by atoms with Crippen molar-refractivity contribution in [3.8, 4) is 0 Å². The topological polar surface area (TPSA) is 259 Å². The number of carbonyl (C=O) groups excluding carboxylic acids is 2. The number of carboxylic acids is 1. The van der Waals surface area contributed by atoms with Crippen molar-refractivity contribution in [2.45, 2.75) is 15.8 Å². The predicted octanol–water partition coefficient (Wildman–Crippen LogP) is -0.367. The molecule has 0 spiro atoms. The number of nitrogen functional groups attached to an aromatic ring is 1. The van der Waals surface area contributed by atoms with E-state index in [2.05, 4.69) is 24.8 Å². The van der Waals surface area contributed by atoms with Gasteiger partial charge in [-0.1, -0.05) is 16.9 Å². The van der Waals surface area contributed by atoms with Gasteiger partial charge < -0.3 is 21.4 Å². The fraction of sp³-hybridized carbons (Fsp3) is 0.267. The van der Waals surface area contributed by atoms with Gasteiger partial charge in [0.2, 0.25) is 0 Å². The number of hydrogen-bond acceptors (Lipinski definition) is 15. The Morgan fingerprint density at radius 3 is 2.58 bits per heavy atom. The number of thioether (sulfide) groups is 2. The molecule has 0 radical (unpaired) electrons. The molecule has 4 rings (SSSR count). The average molecular weight is 598 g/mol. The lowest BCUT2D eigenvalue weighted by molar-refractivity contribution is -0.150. The van der Waals surface area contributed by atoms with E-state index < -0.39 is 39.6 Å². The molecule has 2 aliphatic rings. The number of thiazole rings is 1. The molecule has 2 amide bonds. The number of anilines is 1. The number of nitrogens with zero attached hydrogens (tertiary/aromatic N) is 5. The molecule has 1 unspecified atom stereocenters. The Labute approximate surface area is 218 Å². The molecule has 16 nitrogen and oxygen atoms in total. The average Bonchev–Trinajstić information content (AvgIpc) is 3.46. The number of β-lactam (4-membered cyclic amide) rings is 1. The summed E-state index contributed by atoms with van der Waals surface area (Å²) in [5.74, 6) is -1.87. The highest BCUT2D eigenvalue weighted by molar-refractivity contribution is 8.01. The van der Waals surface area contributed by atoms with Crippen molar-refractivity contribution in [2.75, 3.05) is 17.2 Å². The SMILES string of the molecule is Nc1nc(/C(=N/O)C(=O)NC2C(=O)N3C(C(=O)O)=C(CSc4ncns4)CS[C@H]23)cs1.O=S(=O)(O)O. The highest BCUT2D eigenvalue weighted by Gasteiger charge is 2.54. The number of oxime groups is 1. The monoisotopic (exact) mass is 597 g/mol. The summed E-state index contributed by atoms with van der Waals surface area (Å²) in [5, 5.41) is 25.4. The summed E-state index contributed by atoms with van der Waals surface area (Å²) in [7, 11) is -4.67. The van der Waals surface area contributed by atoms with E-state index in [1.54, 1.807) is 0 Å². The minimum atomic E-state index is -4.67. The summed E-state index contributed by atoms with van der Waals surface area (Å²) in [6.45, 7) is 0. The van der Waals surface area contributed by atoms with Crippen LogP contribution in [0.15, 0.2) is 32.5 Å². The highest BCUT2D eigenvalue weighted by atomic mass is 32.3. The summed E-state index contributed by atoms with van der Waals surface area (Å²) < 4.78 is 36.2. The first-order chi connectivity index (χ1) is 16.9. The van der Waals surface area contributed by atoms with Crippen LogP contribution in [0.1, 0.15) is 5.69 Å². The molecule has 36 heavy (non-hydrogen) atoms. The summed E-state index contributed by atoms with van der Waals surface area (Å²) in [6, 6.07) is -0.961. The molecule has 2 aromatic heterocycles. The zero-order valence-electron chi connectivity index (χ0n) is 17.4. The Hall–Kier alpha value is -2.82. The van der Waals surface area contributed by atoms with Gasteiger partial charge in [0.05, 0.1) is 0 Å². The van der Waals surface area contributed by atoms with Crippen LogP contribution in [-0.4, -0.2) is 93.5 Å². The molecule has 2 aromatic rings. The van der Waals surface area contributed by atoms with Crippen LogP contribution in [0.25, 0.3) is 0 Å². The van der Waals surface area contributed by atoms with Crippen molar-refractivity contribution in [3.05, 3.63) is 28.7 Å². The van der Waals surface area contributed by atoms with Crippen LogP contribution in [0, 0.1) is 0 Å². The Morgan fingerprint density at radius 2 is 2.06 bits per heavy atom. The molecule has 1 fully saturated rings. The van der Waals surface area contributed by atoms with Crippen LogP contribution in [0.4, 0.5) is 5.13 Å². The van der Waals surface area contributed by atoms with Gasteiger partial charge in [0, 0.05) is 16.9 Å². The van der Waals surface area contributed by atoms with Gasteiger partial charge in [-0.3, -0.25) is 23.6 Å². The lowest BCUT2D eigenvalue weighted by Gasteiger charge is -2.49. The number of carbonyl (C=O) groups is 3. The molecule has 0 aliphatic carbocycles. The van der Waals surface area contributed by atoms with Crippen molar-refractivity contribution in [3.63, 3.8) is 0 Å². The summed E-state index contributed by atoms with van der Waals surface area (Å²) in [5.41, 5.74) is 5.73. The molecule has 2 aliphatic heterocycles. The number of aromatic nitrogens is 3. The Balaban J connectivity index is 0.000000658. The van der Waals surface area contributed by atoms with E-state index in [4.69, 9.17) is 23.3 Å². The number of nitrogens with one attached hydrogen (secondary N) is 1. The molecular weight excluding hydrogens is 583 g/mol. The molecule has 1 saturated heterocycles. The minimum absolute atomic E-state index is 0.0736. The fourth-order valence-electron chi connectivity index (χ4n) is 2.99. The third kappa shape index (κ3) is 6.68. The third-order valence-electron chi connectivity index (χ3n) is 4.33. The maximum absolute atomic E-state index is 12.7. The van der Waals surface area contributed by atoms with Crippen molar-refractivity contribution < 1.29 is 42.2 Å². The van der Waals surface area contributed by atoms with Crippen molar-refractivity contribution >= 4 is 85.4 Å². The molecule has 7 N–H and O–H groups in total. The number of aliphatic carboxylic acids is 1. The van der Waals surface area contributed by atoms with E-state index >= 15 is 0 Å². The van der Waals surface area contributed by atoms with E-state index in [9.17, 15) is 24.7 Å². The van der Waals surface area contributed by atoms with Crippen molar-refractivity contribution in [1.29, 1.82) is 0 Å². The number of carboxylic acid groups (broad SMARTS) is 1. The van der Waals surface area contributed by atoms with Gasteiger partial charge in [-0.25, -0.2) is 14.8 Å². The normalized spacial score (nSPS) is 19.7. The van der Waals surface area contributed by atoms with Crippen LogP contribution in [0.3, 0.4) is 0 Å². The maximum atomic E-state index is 12.7. The zero-order chi connectivity index (χ0) is 26.6. The first kappa shape index (κ1) is 27.8. The lowest BCUT2D eigenvalue weighted by Crippen LogP contribution is -2.71. The van der Waals surface area contributed by atoms with Crippen LogP contribution in [0.5, 0.6) is 0 Å². The summed E-state index contributed by atoms with van der Waals surface area (Å²) in [6.07, 6.45) is 1.42. The molecule has 4 heterocycles. The third-order valence-corrected chi connectivity index (χ3v) is 8.22. The Morgan fingerprint density at radius 1 is 1.36 bits per heavy atom. The second-order valence-corrected chi connectivity index (χ2v) is 11.5. The predicted molar refractivity (Wildman–Crippen MR) is 129 cm³/mol. The van der Waals surface area contributed by atoms with Gasteiger partial charge in [0.15, 0.2) is 15.2 Å². The first-order valence-corrected chi connectivity index (χ1v) is 14.2. The maximum Gasteiger partial charge on any atom is 0.394 e. The largest absolute Gasteiger partial charge is 0.477 e. The second kappa shape index (κ2) is 11.5. The molecular formula is C15H15N7O9S5. The Kier molecular flexibility index (Phi) is 8.86. The standard InChI is InChI=1S/C15H13N7O5S4.H2O4S/c16-14-19-6(3-29-14)7(21-27)10(23)20-8-11(24)22-9(13(25)26)5(1-28-12(8)22)2-30-15-17-4-18-31-15;1-5(2,3)4/h3-4,8,12,27H,1-2H2,(H2,16,19)(H,20,23)(H,25,26);(H2,1,2,3,4)/b21-7-;/t8?,12-;/m1./s1. The molecule has 2 atom stereocenters. The fourth-order valence-corrected chi connectivity index (χ4v) is 6.47. The molecule has 0 saturated carbocycles. The van der Waals surface area contributed by atoms with Crippen molar-refractivity contribution in [2.24, 2.45) is 5.16 Å². The summed E-state index contributed by atoms with van der Waals surface area (Å²) in [4.78, 5) is 46.2. The molecule has 0 bridgehead atoms. The number of hydrogen-bond donors (Lipinski definition) is 6. The van der Waals surface area contributed by atoms with Crippen LogP contribution < -0.4 is 11.1 Å². The Bertz CT molecular complexity index is 1320. The highest BCUT2D eigenvalue weighted by Crippen LogP contribution is 2.41. The van der Waals surface area contributed by atoms with E-state index in [-0.39, 0.29) is 22.2 Å². The lowest BCUT2D eigenvalue weighted by atomic mass is 10.0.